The first-order valence-corrected chi connectivity index (χ1v) is 3.15. The quantitative estimate of drug-likeness (QED) is 0.588. The molecule has 0 saturated carbocycles. The number of aliphatic carboxylic acids is 1. The minimum Gasteiger partial charge on any atom is -0.480 e. The van der Waals surface area contributed by atoms with Crippen molar-refractivity contribution in [3.63, 3.8) is 0 Å². The highest BCUT2D eigenvalue weighted by Gasteiger charge is 2.10. The summed E-state index contributed by atoms with van der Waals surface area (Å²) >= 11 is 0. The molecule has 12 heavy (non-hydrogen) atoms. The van der Waals surface area contributed by atoms with Crippen LogP contribution < -0.4 is 5.73 Å². The molecule has 0 aliphatic carbocycles. The number of carboxylic acids is 1. The Balaban J connectivity index is 0. The Morgan fingerprint density at radius 3 is 2.42 bits per heavy atom. The molecule has 0 unspecified atom stereocenters. The number of ether oxygens (including phenoxy) is 1. The van der Waals surface area contributed by atoms with Crippen molar-refractivity contribution in [3.8, 4) is 0 Å². The standard InChI is InChI=1S/C6H11NO4.H2S/c1-4(8)11-3-2-5(7)6(9)10;/h5H,2-3,7H2,1H3,(H,9,10);1H2/t5-;/m0./s1. The fraction of sp³-hybridized carbons (Fsp3) is 0.667. The monoisotopic (exact) mass is 195 g/mol. The summed E-state index contributed by atoms with van der Waals surface area (Å²) < 4.78 is 4.48. The van der Waals surface area contributed by atoms with Crippen LogP contribution in [0.5, 0.6) is 0 Å². The Kier molecular flexibility index (Phi) is 7.98. The normalized spacial score (nSPS) is 11.2. The van der Waals surface area contributed by atoms with Gasteiger partial charge in [0, 0.05) is 13.3 Å². The number of hydrogen-bond acceptors (Lipinski definition) is 4. The predicted molar refractivity (Wildman–Crippen MR) is 47.2 cm³/mol. The van der Waals surface area contributed by atoms with Crippen molar-refractivity contribution in [2.24, 2.45) is 5.73 Å². The van der Waals surface area contributed by atoms with Gasteiger partial charge in [0.05, 0.1) is 6.61 Å². The van der Waals surface area contributed by atoms with E-state index >= 15 is 0 Å². The fourth-order valence-electron chi connectivity index (χ4n) is 0.453. The van der Waals surface area contributed by atoms with Crippen molar-refractivity contribution < 1.29 is 19.4 Å². The molecule has 3 N–H and O–H groups in total. The van der Waals surface area contributed by atoms with Crippen molar-refractivity contribution in [1.29, 1.82) is 0 Å². The van der Waals surface area contributed by atoms with E-state index < -0.39 is 18.0 Å². The summed E-state index contributed by atoms with van der Waals surface area (Å²) in [4.78, 5) is 20.3. The predicted octanol–water partition coefficient (Wildman–Crippen LogP) is -0.536. The molecular formula is C6H13NO4S. The second-order valence-electron chi connectivity index (χ2n) is 2.07. The Morgan fingerprint density at radius 1 is 1.58 bits per heavy atom. The van der Waals surface area contributed by atoms with Gasteiger partial charge >= 0.3 is 11.9 Å². The second kappa shape index (κ2) is 6.93. The van der Waals surface area contributed by atoms with E-state index in [0.717, 1.165) is 0 Å². The summed E-state index contributed by atoms with van der Waals surface area (Å²) in [6.07, 6.45) is 0.148. The highest BCUT2D eigenvalue weighted by Crippen LogP contribution is 1.89. The second-order valence-corrected chi connectivity index (χ2v) is 2.07. The Labute approximate surface area is 77.3 Å². The van der Waals surface area contributed by atoms with E-state index in [4.69, 9.17) is 10.8 Å². The molecule has 0 fully saturated rings. The topological polar surface area (TPSA) is 89.6 Å². The van der Waals surface area contributed by atoms with Crippen molar-refractivity contribution >= 4 is 25.4 Å². The molecular weight excluding hydrogens is 182 g/mol. The molecule has 0 bridgehead atoms. The Hall–Kier alpha value is -0.750. The van der Waals surface area contributed by atoms with Gasteiger partial charge in [-0.15, -0.1) is 0 Å². The van der Waals surface area contributed by atoms with Crippen LogP contribution >= 0.6 is 13.5 Å². The summed E-state index contributed by atoms with van der Waals surface area (Å²) in [5.74, 6) is -1.51. The van der Waals surface area contributed by atoms with Gasteiger partial charge in [0.25, 0.3) is 0 Å². The largest absolute Gasteiger partial charge is 0.480 e. The van der Waals surface area contributed by atoms with Crippen LogP contribution in [-0.2, 0) is 14.3 Å². The van der Waals surface area contributed by atoms with Crippen LogP contribution in [0.4, 0.5) is 0 Å². The fourth-order valence-corrected chi connectivity index (χ4v) is 0.453. The number of esters is 1. The minimum atomic E-state index is -1.09. The molecule has 0 aromatic heterocycles. The van der Waals surface area contributed by atoms with E-state index in [2.05, 4.69) is 4.74 Å². The number of nitrogens with two attached hydrogens (primary N) is 1. The zero-order chi connectivity index (χ0) is 8.85. The third-order valence-electron chi connectivity index (χ3n) is 1.05. The highest BCUT2D eigenvalue weighted by atomic mass is 32.1. The van der Waals surface area contributed by atoms with E-state index in [1.807, 2.05) is 0 Å². The van der Waals surface area contributed by atoms with Gasteiger partial charge in [-0.05, 0) is 0 Å². The molecule has 0 spiro atoms. The smallest absolute Gasteiger partial charge is 0.320 e. The zero-order valence-corrected chi connectivity index (χ0v) is 7.74. The lowest BCUT2D eigenvalue weighted by Crippen LogP contribution is -2.31. The minimum absolute atomic E-state index is 0. The van der Waals surface area contributed by atoms with Crippen LogP contribution in [0.1, 0.15) is 13.3 Å². The molecule has 72 valence electrons. The van der Waals surface area contributed by atoms with Crippen LogP contribution in [-0.4, -0.2) is 29.7 Å². The zero-order valence-electron chi connectivity index (χ0n) is 6.74. The molecule has 6 heteroatoms. The molecule has 0 aliphatic rings. The van der Waals surface area contributed by atoms with E-state index in [1.165, 1.54) is 6.92 Å². The van der Waals surface area contributed by atoms with Gasteiger partial charge in [-0.3, -0.25) is 9.59 Å². The van der Waals surface area contributed by atoms with Gasteiger partial charge in [0.15, 0.2) is 0 Å². The van der Waals surface area contributed by atoms with Crippen molar-refractivity contribution in [2.75, 3.05) is 6.61 Å². The maximum absolute atomic E-state index is 10.2. The SMILES string of the molecule is CC(=O)OCC[C@H](N)C(=O)O.S. The van der Waals surface area contributed by atoms with E-state index in [1.54, 1.807) is 0 Å². The molecule has 1 atom stereocenters. The number of carbonyl (C=O) groups excluding carboxylic acids is 1. The lowest BCUT2D eigenvalue weighted by molar-refractivity contribution is -0.144. The summed E-state index contributed by atoms with van der Waals surface area (Å²) in [5, 5.41) is 8.28. The molecule has 0 aliphatic heterocycles. The lowest BCUT2D eigenvalue weighted by Gasteiger charge is -2.04. The summed E-state index contributed by atoms with van der Waals surface area (Å²) in [5.41, 5.74) is 5.11. The third-order valence-corrected chi connectivity index (χ3v) is 1.05. The van der Waals surface area contributed by atoms with Gasteiger partial charge < -0.3 is 15.6 Å². The number of carbonyl (C=O) groups is 2. The van der Waals surface area contributed by atoms with Crippen molar-refractivity contribution in [2.45, 2.75) is 19.4 Å². The summed E-state index contributed by atoms with van der Waals surface area (Å²) in [6.45, 7) is 1.31. The number of carboxylic acid groups (broad SMARTS) is 1. The Bertz CT molecular complexity index is 162. The molecule has 0 saturated heterocycles. The molecule has 0 aromatic carbocycles. The van der Waals surface area contributed by atoms with Crippen LogP contribution in [0, 0.1) is 0 Å². The van der Waals surface area contributed by atoms with E-state index in [0.29, 0.717) is 0 Å². The van der Waals surface area contributed by atoms with Crippen LogP contribution in [0.3, 0.4) is 0 Å². The average Bonchev–Trinajstić information content (AvgIpc) is 1.86. The van der Waals surface area contributed by atoms with Gasteiger partial charge in [0.2, 0.25) is 0 Å². The maximum atomic E-state index is 10.2. The molecule has 0 rings (SSSR count). The highest BCUT2D eigenvalue weighted by molar-refractivity contribution is 7.59. The first kappa shape index (κ1) is 13.8. The van der Waals surface area contributed by atoms with Crippen molar-refractivity contribution in [3.05, 3.63) is 0 Å². The molecule has 0 radical (unpaired) electrons. The molecule has 0 aromatic rings. The van der Waals surface area contributed by atoms with Gasteiger partial charge in [-0.25, -0.2) is 0 Å². The van der Waals surface area contributed by atoms with Gasteiger partial charge in [-0.2, -0.15) is 13.5 Å². The summed E-state index contributed by atoms with van der Waals surface area (Å²) in [7, 11) is 0. The van der Waals surface area contributed by atoms with Crippen LogP contribution in [0.25, 0.3) is 0 Å². The maximum Gasteiger partial charge on any atom is 0.320 e. The molecule has 0 amide bonds. The average molecular weight is 195 g/mol. The van der Waals surface area contributed by atoms with Crippen LogP contribution in [0.15, 0.2) is 0 Å². The first-order chi connectivity index (χ1) is 5.04. The van der Waals surface area contributed by atoms with E-state index in [-0.39, 0.29) is 26.5 Å². The van der Waals surface area contributed by atoms with Crippen LogP contribution in [0.2, 0.25) is 0 Å². The Morgan fingerprint density at radius 2 is 2.08 bits per heavy atom. The number of hydrogen-bond donors (Lipinski definition) is 2. The lowest BCUT2D eigenvalue weighted by atomic mass is 10.2. The number of rotatable bonds is 4. The molecule has 5 nitrogen and oxygen atoms in total. The van der Waals surface area contributed by atoms with Gasteiger partial charge in [-0.1, -0.05) is 0 Å². The van der Waals surface area contributed by atoms with Gasteiger partial charge in [0.1, 0.15) is 6.04 Å². The van der Waals surface area contributed by atoms with Crippen molar-refractivity contribution in [1.82, 2.24) is 0 Å². The third kappa shape index (κ3) is 7.36. The first-order valence-electron chi connectivity index (χ1n) is 3.15. The van der Waals surface area contributed by atoms with E-state index in [9.17, 15) is 9.59 Å². The molecule has 0 heterocycles. The summed E-state index contributed by atoms with van der Waals surface area (Å²) in [6, 6.07) is -0.950.